The summed E-state index contributed by atoms with van der Waals surface area (Å²) in [5.41, 5.74) is 1.65. The van der Waals surface area contributed by atoms with Crippen molar-refractivity contribution in [2.45, 2.75) is 70.6 Å². The predicted octanol–water partition coefficient (Wildman–Crippen LogP) is 3.86. The second-order valence-corrected chi connectivity index (χ2v) is 7.10. The smallest absolute Gasteiger partial charge is 0.134 e. The quantitative estimate of drug-likeness (QED) is 0.603. The van der Waals surface area contributed by atoms with Crippen LogP contribution in [-0.4, -0.2) is 5.78 Å². The van der Waals surface area contributed by atoms with Gasteiger partial charge in [0.15, 0.2) is 0 Å². The van der Waals surface area contributed by atoms with Gasteiger partial charge in [-0.1, -0.05) is 19.3 Å². The fourth-order valence-corrected chi connectivity index (χ4v) is 6.06. The van der Waals surface area contributed by atoms with Crippen molar-refractivity contribution in [3.63, 3.8) is 0 Å². The monoisotopic (exact) mass is 218 g/mol. The third kappa shape index (κ3) is 0.822. The number of hydrogen-bond acceptors (Lipinski definition) is 1. The molecule has 0 aromatic heterocycles. The van der Waals surface area contributed by atoms with E-state index < -0.39 is 0 Å². The summed E-state index contributed by atoms with van der Waals surface area (Å²) >= 11 is 0. The van der Waals surface area contributed by atoms with E-state index in [1.807, 2.05) is 0 Å². The molecule has 1 atom stereocenters. The molecule has 0 aromatic rings. The number of fused-ring (bicyclic) bond motifs is 2. The zero-order valence-electron chi connectivity index (χ0n) is 10.2. The highest BCUT2D eigenvalue weighted by atomic mass is 16.1. The van der Waals surface area contributed by atoms with E-state index in [9.17, 15) is 4.79 Å². The predicted molar refractivity (Wildman–Crippen MR) is 63.1 cm³/mol. The molecule has 16 heavy (non-hydrogen) atoms. The third-order valence-electron chi connectivity index (χ3n) is 6.97. The Hall–Kier alpha value is -0.330. The number of Topliss-reactive ketones (excluding diaryl/α,β-unsaturated/α-hetero) is 1. The maximum absolute atomic E-state index is 12.0. The van der Waals surface area contributed by atoms with Crippen LogP contribution < -0.4 is 0 Å². The average Bonchev–Trinajstić information content (AvgIpc) is 2.70. The van der Waals surface area contributed by atoms with Crippen LogP contribution in [0.25, 0.3) is 0 Å². The minimum Gasteiger partial charge on any atom is -0.300 e. The molecule has 4 rings (SSSR count). The minimum absolute atomic E-state index is 0.489. The molecule has 0 aromatic carbocycles. The summed E-state index contributed by atoms with van der Waals surface area (Å²) in [6, 6.07) is 0. The van der Waals surface area contributed by atoms with Crippen LogP contribution in [0.2, 0.25) is 0 Å². The van der Waals surface area contributed by atoms with Crippen LogP contribution in [0.5, 0.6) is 0 Å². The second kappa shape index (κ2) is 2.73. The minimum atomic E-state index is 0.489. The fourth-order valence-electron chi connectivity index (χ4n) is 6.06. The Morgan fingerprint density at radius 1 is 0.688 bits per heavy atom. The lowest BCUT2D eigenvalue weighted by Crippen LogP contribution is -2.60. The SMILES string of the molecule is O=C1CC2(CCCC2)C2(CCC23CCC3)C1. The average molecular weight is 218 g/mol. The van der Waals surface area contributed by atoms with Crippen LogP contribution in [0.1, 0.15) is 70.6 Å². The summed E-state index contributed by atoms with van der Waals surface area (Å²) in [4.78, 5) is 12.0. The number of carbonyl (C=O) groups is 1. The summed E-state index contributed by atoms with van der Waals surface area (Å²) in [6.07, 6.45) is 14.6. The maximum Gasteiger partial charge on any atom is 0.134 e. The van der Waals surface area contributed by atoms with Crippen LogP contribution in [0, 0.1) is 16.2 Å². The van der Waals surface area contributed by atoms with Crippen molar-refractivity contribution in [1.29, 1.82) is 0 Å². The number of hydrogen-bond donors (Lipinski definition) is 0. The third-order valence-corrected chi connectivity index (χ3v) is 6.97. The zero-order valence-corrected chi connectivity index (χ0v) is 10.2. The molecule has 0 saturated heterocycles. The van der Waals surface area contributed by atoms with Crippen molar-refractivity contribution < 1.29 is 4.79 Å². The van der Waals surface area contributed by atoms with E-state index in [-0.39, 0.29) is 0 Å². The zero-order chi connectivity index (χ0) is 10.9. The second-order valence-electron chi connectivity index (χ2n) is 7.10. The molecule has 1 heteroatoms. The van der Waals surface area contributed by atoms with E-state index in [2.05, 4.69) is 0 Å². The molecule has 4 fully saturated rings. The van der Waals surface area contributed by atoms with Crippen LogP contribution >= 0.6 is 0 Å². The van der Waals surface area contributed by atoms with Gasteiger partial charge in [-0.3, -0.25) is 4.79 Å². The molecule has 4 aliphatic rings. The van der Waals surface area contributed by atoms with Gasteiger partial charge in [-0.15, -0.1) is 0 Å². The molecule has 1 nitrogen and oxygen atoms in total. The standard InChI is InChI=1S/C15H22O/c16-12-10-14(4-1-2-5-14)15(11-12)9-8-13(15)6-3-7-13/h1-11H2. The highest BCUT2D eigenvalue weighted by Crippen LogP contribution is 2.80. The first-order valence-corrected chi connectivity index (χ1v) is 7.24. The first-order chi connectivity index (χ1) is 7.72. The molecular formula is C15H22O. The summed E-state index contributed by atoms with van der Waals surface area (Å²) in [5, 5.41) is 0. The number of carbonyl (C=O) groups excluding carboxylic acids is 1. The van der Waals surface area contributed by atoms with E-state index in [4.69, 9.17) is 0 Å². The van der Waals surface area contributed by atoms with Gasteiger partial charge in [0.25, 0.3) is 0 Å². The van der Waals surface area contributed by atoms with E-state index in [1.54, 1.807) is 0 Å². The molecule has 0 bridgehead atoms. The van der Waals surface area contributed by atoms with Crippen LogP contribution in [-0.2, 0) is 4.79 Å². The van der Waals surface area contributed by atoms with Gasteiger partial charge in [-0.25, -0.2) is 0 Å². The lowest BCUT2D eigenvalue weighted by molar-refractivity contribution is -0.198. The summed E-state index contributed by atoms with van der Waals surface area (Å²) < 4.78 is 0. The van der Waals surface area contributed by atoms with Gasteiger partial charge in [0, 0.05) is 12.8 Å². The van der Waals surface area contributed by atoms with Gasteiger partial charge < -0.3 is 0 Å². The van der Waals surface area contributed by atoms with Gasteiger partial charge in [0.1, 0.15) is 5.78 Å². The van der Waals surface area contributed by atoms with Crippen LogP contribution in [0.15, 0.2) is 0 Å². The number of rotatable bonds is 0. The Morgan fingerprint density at radius 2 is 1.38 bits per heavy atom. The van der Waals surface area contributed by atoms with E-state index in [0.29, 0.717) is 22.0 Å². The van der Waals surface area contributed by atoms with Gasteiger partial charge in [0.05, 0.1) is 0 Å². The highest BCUT2D eigenvalue weighted by molar-refractivity contribution is 5.83. The summed E-state index contributed by atoms with van der Waals surface area (Å²) in [6.45, 7) is 0. The Kier molecular flexibility index (Phi) is 1.65. The largest absolute Gasteiger partial charge is 0.300 e. The molecule has 4 aliphatic carbocycles. The van der Waals surface area contributed by atoms with Gasteiger partial charge >= 0.3 is 0 Å². The van der Waals surface area contributed by atoms with E-state index in [0.717, 1.165) is 12.8 Å². The normalized spacial score (nSPS) is 42.9. The van der Waals surface area contributed by atoms with Crippen molar-refractivity contribution >= 4 is 5.78 Å². The Labute approximate surface area is 98.0 Å². The Balaban J connectivity index is 1.78. The molecular weight excluding hydrogens is 196 g/mol. The van der Waals surface area contributed by atoms with Crippen molar-refractivity contribution in [3.05, 3.63) is 0 Å². The maximum atomic E-state index is 12.0. The van der Waals surface area contributed by atoms with Crippen molar-refractivity contribution in [2.24, 2.45) is 16.2 Å². The first kappa shape index (κ1) is 9.67. The summed E-state index contributed by atoms with van der Waals surface area (Å²) in [7, 11) is 0. The van der Waals surface area contributed by atoms with Crippen LogP contribution in [0.3, 0.4) is 0 Å². The first-order valence-electron chi connectivity index (χ1n) is 7.24. The molecule has 0 N–H and O–H groups in total. The molecule has 0 amide bonds. The number of ketones is 1. The summed E-state index contributed by atoms with van der Waals surface area (Å²) in [5.74, 6) is 0.605. The molecule has 0 radical (unpaired) electrons. The van der Waals surface area contributed by atoms with Crippen molar-refractivity contribution in [2.75, 3.05) is 0 Å². The van der Waals surface area contributed by atoms with E-state index in [1.165, 1.54) is 57.8 Å². The van der Waals surface area contributed by atoms with Gasteiger partial charge in [0.2, 0.25) is 0 Å². The molecule has 4 saturated carbocycles. The van der Waals surface area contributed by atoms with E-state index >= 15 is 0 Å². The molecule has 88 valence electrons. The van der Waals surface area contributed by atoms with Crippen molar-refractivity contribution in [1.82, 2.24) is 0 Å². The molecule has 3 spiro atoms. The molecule has 0 heterocycles. The Bertz CT molecular complexity index is 341. The molecule has 0 aliphatic heterocycles. The van der Waals surface area contributed by atoms with Crippen molar-refractivity contribution in [3.8, 4) is 0 Å². The molecule has 1 unspecified atom stereocenters. The lowest BCUT2D eigenvalue weighted by atomic mass is 9.35. The fraction of sp³-hybridized carbons (Fsp3) is 0.933. The topological polar surface area (TPSA) is 17.1 Å². The highest BCUT2D eigenvalue weighted by Gasteiger charge is 2.72. The van der Waals surface area contributed by atoms with Gasteiger partial charge in [-0.2, -0.15) is 0 Å². The Morgan fingerprint density at radius 3 is 1.88 bits per heavy atom. The lowest BCUT2D eigenvalue weighted by Gasteiger charge is -2.69. The van der Waals surface area contributed by atoms with Gasteiger partial charge in [-0.05, 0) is 54.8 Å². The van der Waals surface area contributed by atoms with Crippen LogP contribution in [0.4, 0.5) is 0 Å².